The quantitative estimate of drug-likeness (QED) is 0.580. The van der Waals surface area contributed by atoms with Crippen LogP contribution in [0, 0.1) is 6.92 Å². The molecular weight excluding hydrogens is 302 g/mol. The molecule has 5 N–H and O–H groups in total. The van der Waals surface area contributed by atoms with Crippen molar-refractivity contribution in [2.45, 2.75) is 13.5 Å². The zero-order valence-corrected chi connectivity index (χ0v) is 13.3. The number of primary amides is 1. The van der Waals surface area contributed by atoms with Gasteiger partial charge >= 0.3 is 0 Å². The van der Waals surface area contributed by atoms with Gasteiger partial charge in [-0.2, -0.15) is 0 Å². The van der Waals surface area contributed by atoms with Gasteiger partial charge in [-0.15, -0.1) is 0 Å². The summed E-state index contributed by atoms with van der Waals surface area (Å²) in [5.41, 5.74) is 10.5. The largest absolute Gasteiger partial charge is 0.508 e. The molecule has 0 aliphatic heterocycles. The monoisotopic (exact) mass is 321 g/mol. The number of rotatable bonds is 5. The van der Waals surface area contributed by atoms with Crippen LogP contribution in [0.4, 0.5) is 5.69 Å². The first kappa shape index (κ1) is 15.7. The number of nitrogens with one attached hydrogen (secondary N) is 2. The van der Waals surface area contributed by atoms with Gasteiger partial charge in [0.05, 0.1) is 5.56 Å². The summed E-state index contributed by atoms with van der Waals surface area (Å²) in [6.07, 6.45) is 0. The second-order valence-electron chi connectivity index (χ2n) is 5.65. The number of carbonyl (C=O) groups excluding carboxylic acids is 1. The lowest BCUT2D eigenvalue weighted by Gasteiger charge is -2.11. The summed E-state index contributed by atoms with van der Waals surface area (Å²) in [5, 5.41) is 12.7. The number of aromatic amines is 1. The first-order chi connectivity index (χ1) is 11.5. The number of aryl methyl sites for hydroxylation is 1. The van der Waals surface area contributed by atoms with Crippen molar-refractivity contribution in [3.05, 3.63) is 71.4 Å². The molecule has 3 rings (SSSR count). The third-order valence-corrected chi connectivity index (χ3v) is 3.92. The van der Waals surface area contributed by atoms with E-state index < -0.39 is 5.91 Å². The van der Waals surface area contributed by atoms with Crippen molar-refractivity contribution in [3.63, 3.8) is 0 Å². The minimum atomic E-state index is -0.440. The molecule has 5 heteroatoms. The highest BCUT2D eigenvalue weighted by Crippen LogP contribution is 2.29. The number of benzene rings is 2. The molecule has 0 unspecified atom stereocenters. The normalized spacial score (nSPS) is 10.5. The predicted molar refractivity (Wildman–Crippen MR) is 94.9 cm³/mol. The summed E-state index contributed by atoms with van der Waals surface area (Å²) in [6, 6.07) is 16.7. The number of H-pyrrole nitrogens is 1. The zero-order valence-electron chi connectivity index (χ0n) is 13.3. The van der Waals surface area contributed by atoms with E-state index in [4.69, 9.17) is 5.73 Å². The van der Waals surface area contributed by atoms with Crippen LogP contribution in [0.5, 0.6) is 5.75 Å². The van der Waals surface area contributed by atoms with Crippen molar-refractivity contribution in [2.75, 3.05) is 5.32 Å². The Hall–Kier alpha value is -3.21. The van der Waals surface area contributed by atoms with Gasteiger partial charge in [0.1, 0.15) is 5.75 Å². The summed E-state index contributed by atoms with van der Waals surface area (Å²) < 4.78 is 0. The number of hydrogen-bond donors (Lipinski definition) is 4. The number of para-hydroxylation sites is 1. The Morgan fingerprint density at radius 2 is 1.88 bits per heavy atom. The van der Waals surface area contributed by atoms with Crippen molar-refractivity contribution in [3.8, 4) is 17.0 Å². The van der Waals surface area contributed by atoms with Crippen LogP contribution in [-0.2, 0) is 6.54 Å². The van der Waals surface area contributed by atoms with Crippen LogP contribution in [0.15, 0.2) is 54.6 Å². The molecule has 122 valence electrons. The number of anilines is 1. The third kappa shape index (κ3) is 3.25. The minimum absolute atomic E-state index is 0.250. The van der Waals surface area contributed by atoms with Crippen molar-refractivity contribution >= 4 is 11.6 Å². The molecular formula is C19H19N3O2. The van der Waals surface area contributed by atoms with Crippen LogP contribution in [0.1, 0.15) is 21.6 Å². The molecule has 0 radical (unpaired) electrons. The fourth-order valence-corrected chi connectivity index (χ4v) is 2.64. The predicted octanol–water partition coefficient (Wildman–Crippen LogP) is 3.41. The Balaban J connectivity index is 1.86. The second kappa shape index (κ2) is 6.50. The summed E-state index contributed by atoms with van der Waals surface area (Å²) in [5.74, 6) is -0.190. The topological polar surface area (TPSA) is 91.1 Å². The van der Waals surface area contributed by atoms with Gasteiger partial charge in [-0.1, -0.05) is 30.3 Å². The number of hydrogen-bond acceptors (Lipinski definition) is 3. The van der Waals surface area contributed by atoms with Crippen molar-refractivity contribution in [2.24, 2.45) is 5.73 Å². The van der Waals surface area contributed by atoms with Gasteiger partial charge in [0, 0.05) is 29.2 Å². The van der Waals surface area contributed by atoms with Gasteiger partial charge < -0.3 is 21.1 Å². The molecule has 0 saturated heterocycles. The number of phenolic OH excluding ortho intramolecular Hbond substituents is 1. The fraction of sp³-hybridized carbons (Fsp3) is 0.105. The minimum Gasteiger partial charge on any atom is -0.508 e. The first-order valence-electron chi connectivity index (χ1n) is 7.65. The smallest absolute Gasteiger partial charge is 0.250 e. The van der Waals surface area contributed by atoms with Crippen LogP contribution >= 0.6 is 0 Å². The highest BCUT2D eigenvalue weighted by atomic mass is 16.3. The van der Waals surface area contributed by atoms with E-state index in [0.717, 1.165) is 28.2 Å². The fourth-order valence-electron chi connectivity index (χ4n) is 2.64. The molecule has 2 aromatic carbocycles. The van der Waals surface area contributed by atoms with Crippen LogP contribution in [0.2, 0.25) is 0 Å². The molecule has 0 saturated carbocycles. The van der Waals surface area contributed by atoms with E-state index in [1.807, 2.05) is 43.3 Å². The van der Waals surface area contributed by atoms with Gasteiger partial charge in [-0.3, -0.25) is 4.79 Å². The lowest BCUT2D eigenvalue weighted by Crippen LogP contribution is -2.10. The van der Waals surface area contributed by atoms with Gasteiger partial charge in [-0.25, -0.2) is 0 Å². The Morgan fingerprint density at radius 1 is 1.17 bits per heavy atom. The van der Waals surface area contributed by atoms with Crippen LogP contribution in [0.3, 0.4) is 0 Å². The number of aromatic hydroxyl groups is 1. The standard InChI is InChI=1S/C19H19N3O2/c1-12-16(19(20)24)10-18(22-12)15-4-2-3-5-17(15)21-11-13-6-8-14(23)9-7-13/h2-10,21-23H,11H2,1H3,(H2,20,24). The maximum absolute atomic E-state index is 11.5. The van der Waals surface area contributed by atoms with E-state index in [1.54, 1.807) is 18.2 Å². The molecule has 0 fully saturated rings. The lowest BCUT2D eigenvalue weighted by molar-refractivity contribution is 0.1000. The number of aromatic nitrogens is 1. The van der Waals surface area contributed by atoms with E-state index in [0.29, 0.717) is 12.1 Å². The van der Waals surface area contributed by atoms with Crippen LogP contribution in [-0.4, -0.2) is 16.0 Å². The third-order valence-electron chi connectivity index (χ3n) is 3.92. The summed E-state index contributed by atoms with van der Waals surface area (Å²) in [4.78, 5) is 14.7. The van der Waals surface area contributed by atoms with Gasteiger partial charge in [0.2, 0.25) is 0 Å². The molecule has 0 atom stereocenters. The lowest BCUT2D eigenvalue weighted by atomic mass is 10.1. The first-order valence-corrected chi connectivity index (χ1v) is 7.65. The van der Waals surface area contributed by atoms with Crippen molar-refractivity contribution < 1.29 is 9.90 Å². The molecule has 0 aliphatic rings. The average Bonchev–Trinajstić information content (AvgIpc) is 2.96. The van der Waals surface area contributed by atoms with E-state index in [9.17, 15) is 9.90 Å². The summed E-state index contributed by atoms with van der Waals surface area (Å²) in [7, 11) is 0. The SMILES string of the molecule is Cc1[nH]c(-c2ccccc2NCc2ccc(O)cc2)cc1C(N)=O. The van der Waals surface area contributed by atoms with Crippen LogP contribution in [0.25, 0.3) is 11.3 Å². The molecule has 3 aromatic rings. The molecule has 0 aliphatic carbocycles. The maximum Gasteiger partial charge on any atom is 0.250 e. The molecule has 5 nitrogen and oxygen atoms in total. The Kier molecular flexibility index (Phi) is 4.24. The van der Waals surface area contributed by atoms with Gasteiger partial charge in [0.25, 0.3) is 5.91 Å². The molecule has 24 heavy (non-hydrogen) atoms. The zero-order chi connectivity index (χ0) is 17.1. The highest BCUT2D eigenvalue weighted by Gasteiger charge is 2.13. The van der Waals surface area contributed by atoms with Gasteiger partial charge in [-0.05, 0) is 36.8 Å². The number of carbonyl (C=O) groups is 1. The number of amides is 1. The molecule has 1 aromatic heterocycles. The molecule has 0 spiro atoms. The maximum atomic E-state index is 11.5. The van der Waals surface area contributed by atoms with Gasteiger partial charge in [0.15, 0.2) is 0 Å². The van der Waals surface area contributed by atoms with Crippen molar-refractivity contribution in [1.29, 1.82) is 0 Å². The van der Waals surface area contributed by atoms with E-state index in [-0.39, 0.29) is 5.75 Å². The Bertz CT molecular complexity index is 867. The van der Waals surface area contributed by atoms with E-state index >= 15 is 0 Å². The van der Waals surface area contributed by atoms with E-state index in [2.05, 4.69) is 10.3 Å². The Morgan fingerprint density at radius 3 is 2.54 bits per heavy atom. The van der Waals surface area contributed by atoms with Crippen LogP contribution < -0.4 is 11.1 Å². The van der Waals surface area contributed by atoms with E-state index in [1.165, 1.54) is 0 Å². The molecule has 0 bridgehead atoms. The molecule has 1 amide bonds. The highest BCUT2D eigenvalue weighted by molar-refractivity contribution is 5.96. The number of nitrogens with two attached hydrogens (primary N) is 1. The number of phenols is 1. The average molecular weight is 321 g/mol. The second-order valence-corrected chi connectivity index (χ2v) is 5.65. The molecule has 1 heterocycles. The summed E-state index contributed by atoms with van der Waals surface area (Å²) >= 11 is 0. The Labute approximate surface area is 140 Å². The van der Waals surface area contributed by atoms with Crippen molar-refractivity contribution in [1.82, 2.24) is 4.98 Å². The summed E-state index contributed by atoms with van der Waals surface area (Å²) in [6.45, 7) is 2.45.